The zero-order valence-corrected chi connectivity index (χ0v) is 21.8. The van der Waals surface area contributed by atoms with Crippen LogP contribution in [-0.4, -0.2) is 52.5 Å². The molecular formula is C29H38N4O3. The predicted octanol–water partition coefficient (Wildman–Crippen LogP) is 5.12. The van der Waals surface area contributed by atoms with E-state index in [0.29, 0.717) is 24.4 Å². The molecule has 0 saturated heterocycles. The topological polar surface area (TPSA) is 70.7 Å². The SMILES string of the molecule is CCN(CCCN1C(=O)c2cc3occc3n2CC1(C)C(=O)NC1CCCCC1)c1cccc(C)c1. The number of aromatic nitrogens is 1. The number of fused-ring (bicyclic) bond motifs is 3. The maximum atomic E-state index is 13.8. The lowest BCUT2D eigenvalue weighted by Crippen LogP contribution is -2.65. The molecule has 3 heterocycles. The minimum atomic E-state index is -0.967. The van der Waals surface area contributed by atoms with Gasteiger partial charge in [-0.1, -0.05) is 31.4 Å². The number of nitrogens with one attached hydrogen (secondary N) is 1. The van der Waals surface area contributed by atoms with Crippen molar-refractivity contribution in [1.82, 2.24) is 14.8 Å². The molecule has 0 spiro atoms. The lowest BCUT2D eigenvalue weighted by Gasteiger charge is -2.45. The fourth-order valence-corrected chi connectivity index (χ4v) is 5.92. The van der Waals surface area contributed by atoms with Crippen LogP contribution < -0.4 is 10.2 Å². The normalized spacial score (nSPS) is 20.5. The average molecular weight is 491 g/mol. The lowest BCUT2D eigenvalue weighted by atomic mass is 9.91. The molecule has 1 unspecified atom stereocenters. The van der Waals surface area contributed by atoms with Crippen LogP contribution in [0.1, 0.15) is 68.4 Å². The molecule has 1 atom stereocenters. The van der Waals surface area contributed by atoms with Gasteiger partial charge in [0.05, 0.1) is 18.3 Å². The van der Waals surface area contributed by atoms with E-state index < -0.39 is 5.54 Å². The first-order valence-electron chi connectivity index (χ1n) is 13.4. The number of nitrogens with zero attached hydrogens (tertiary/aromatic N) is 3. The fraction of sp³-hybridized carbons (Fsp3) is 0.517. The number of furan rings is 1. The standard InChI is InChI=1S/C29H38N4O3/c1-4-31(23-13-8-10-21(2)18-23)15-9-16-33-27(34)25-19-26-24(14-17-36-26)32(25)20-29(33,3)28(35)30-22-11-6-5-7-12-22/h8,10,13-14,17-19,22H,4-7,9,11-12,15-16,20H2,1-3H3,(H,30,35). The Morgan fingerprint density at radius 3 is 2.75 bits per heavy atom. The summed E-state index contributed by atoms with van der Waals surface area (Å²) in [6.07, 6.45) is 7.96. The highest BCUT2D eigenvalue weighted by Crippen LogP contribution is 2.33. The molecule has 2 amide bonds. The maximum absolute atomic E-state index is 13.8. The Morgan fingerprint density at radius 2 is 2.00 bits per heavy atom. The summed E-state index contributed by atoms with van der Waals surface area (Å²) in [5.41, 5.74) is 3.60. The Balaban J connectivity index is 1.38. The van der Waals surface area contributed by atoms with Crippen LogP contribution in [0.3, 0.4) is 0 Å². The molecule has 0 radical (unpaired) electrons. The Kier molecular flexibility index (Phi) is 6.82. The molecule has 1 fully saturated rings. The van der Waals surface area contributed by atoms with E-state index in [2.05, 4.69) is 48.3 Å². The van der Waals surface area contributed by atoms with Crippen LogP contribution in [0, 0.1) is 6.92 Å². The van der Waals surface area contributed by atoms with Crippen LogP contribution in [0.2, 0.25) is 0 Å². The van der Waals surface area contributed by atoms with Crippen LogP contribution in [0.4, 0.5) is 5.69 Å². The highest BCUT2D eigenvalue weighted by molar-refractivity contribution is 6.02. The van der Waals surface area contributed by atoms with Crippen LogP contribution in [0.15, 0.2) is 47.1 Å². The van der Waals surface area contributed by atoms with Crippen molar-refractivity contribution >= 4 is 28.6 Å². The van der Waals surface area contributed by atoms with Gasteiger partial charge in [-0.2, -0.15) is 0 Å². The van der Waals surface area contributed by atoms with Crippen molar-refractivity contribution in [3.8, 4) is 0 Å². The van der Waals surface area contributed by atoms with Crippen molar-refractivity contribution in [3.05, 3.63) is 53.9 Å². The van der Waals surface area contributed by atoms with Crippen LogP contribution in [0.25, 0.3) is 11.1 Å². The third kappa shape index (κ3) is 4.51. The Morgan fingerprint density at radius 1 is 1.19 bits per heavy atom. The molecule has 3 aromatic rings. The average Bonchev–Trinajstić information content (AvgIpc) is 3.47. The van der Waals surface area contributed by atoms with E-state index in [-0.39, 0.29) is 17.9 Å². The van der Waals surface area contributed by atoms with Gasteiger partial charge in [0.25, 0.3) is 5.91 Å². The number of hydrogen-bond donors (Lipinski definition) is 1. The number of hydrogen-bond acceptors (Lipinski definition) is 4. The number of carbonyl (C=O) groups excluding carboxylic acids is 2. The van der Waals surface area contributed by atoms with Crippen molar-refractivity contribution in [2.75, 3.05) is 24.5 Å². The summed E-state index contributed by atoms with van der Waals surface area (Å²) >= 11 is 0. The first kappa shape index (κ1) is 24.5. The number of amides is 2. The molecule has 7 heteroatoms. The Bertz CT molecular complexity index is 1240. The van der Waals surface area contributed by atoms with Crippen molar-refractivity contribution in [1.29, 1.82) is 0 Å². The van der Waals surface area contributed by atoms with E-state index in [1.807, 2.05) is 28.5 Å². The smallest absolute Gasteiger partial charge is 0.271 e. The molecule has 192 valence electrons. The summed E-state index contributed by atoms with van der Waals surface area (Å²) < 4.78 is 7.55. The molecular weight excluding hydrogens is 452 g/mol. The van der Waals surface area contributed by atoms with Crippen molar-refractivity contribution in [3.63, 3.8) is 0 Å². The summed E-state index contributed by atoms with van der Waals surface area (Å²) in [4.78, 5) is 31.8. The second-order valence-electron chi connectivity index (χ2n) is 10.6. The summed E-state index contributed by atoms with van der Waals surface area (Å²) in [6.45, 7) is 8.82. The monoisotopic (exact) mass is 490 g/mol. The van der Waals surface area contributed by atoms with Gasteiger partial charge in [-0.15, -0.1) is 0 Å². The van der Waals surface area contributed by atoms with Crippen LogP contribution >= 0.6 is 0 Å². The van der Waals surface area contributed by atoms with Gasteiger partial charge in [-0.3, -0.25) is 9.59 Å². The summed E-state index contributed by atoms with van der Waals surface area (Å²) in [7, 11) is 0. The summed E-state index contributed by atoms with van der Waals surface area (Å²) in [5.74, 6) is -0.155. The molecule has 1 aliphatic heterocycles. The quantitative estimate of drug-likeness (QED) is 0.476. The molecule has 1 saturated carbocycles. The second-order valence-corrected chi connectivity index (χ2v) is 10.6. The number of benzene rings is 1. The minimum absolute atomic E-state index is 0.0511. The van der Waals surface area contributed by atoms with Crippen molar-refractivity contribution in [2.45, 2.75) is 77.4 Å². The molecule has 5 rings (SSSR count). The summed E-state index contributed by atoms with van der Waals surface area (Å²) in [5, 5.41) is 3.31. The third-order valence-corrected chi connectivity index (χ3v) is 8.04. The van der Waals surface area contributed by atoms with Crippen LogP contribution in [-0.2, 0) is 11.3 Å². The van der Waals surface area contributed by atoms with Crippen LogP contribution in [0.5, 0.6) is 0 Å². The predicted molar refractivity (Wildman–Crippen MR) is 142 cm³/mol. The number of carbonyl (C=O) groups is 2. The third-order valence-electron chi connectivity index (χ3n) is 8.04. The van der Waals surface area contributed by atoms with Gasteiger partial charge >= 0.3 is 0 Å². The van der Waals surface area contributed by atoms with Gasteiger partial charge in [0, 0.05) is 43.5 Å². The van der Waals surface area contributed by atoms with E-state index in [1.165, 1.54) is 17.7 Å². The van der Waals surface area contributed by atoms with E-state index in [1.54, 1.807) is 6.26 Å². The number of anilines is 1. The number of rotatable bonds is 8. The van der Waals surface area contributed by atoms with Gasteiger partial charge in [-0.25, -0.2) is 0 Å². The Labute approximate surface area is 213 Å². The fourth-order valence-electron chi connectivity index (χ4n) is 5.92. The molecule has 1 aromatic carbocycles. The number of aryl methyl sites for hydroxylation is 1. The first-order chi connectivity index (χ1) is 17.4. The molecule has 1 N–H and O–H groups in total. The Hall–Kier alpha value is -3.22. The van der Waals surface area contributed by atoms with Crippen molar-refractivity contribution < 1.29 is 14.0 Å². The van der Waals surface area contributed by atoms with Gasteiger partial charge in [-0.05, 0) is 57.7 Å². The van der Waals surface area contributed by atoms with E-state index in [9.17, 15) is 9.59 Å². The lowest BCUT2D eigenvalue weighted by molar-refractivity contribution is -0.133. The zero-order valence-electron chi connectivity index (χ0n) is 21.8. The molecule has 1 aliphatic carbocycles. The largest absolute Gasteiger partial charge is 0.463 e. The zero-order chi connectivity index (χ0) is 25.3. The van der Waals surface area contributed by atoms with E-state index in [4.69, 9.17) is 4.42 Å². The highest BCUT2D eigenvalue weighted by atomic mass is 16.3. The summed E-state index contributed by atoms with van der Waals surface area (Å²) in [6, 6.07) is 12.4. The molecule has 2 aromatic heterocycles. The van der Waals surface area contributed by atoms with Gasteiger partial charge in [0.2, 0.25) is 5.91 Å². The van der Waals surface area contributed by atoms with Gasteiger partial charge < -0.3 is 24.1 Å². The maximum Gasteiger partial charge on any atom is 0.271 e. The molecule has 2 aliphatic rings. The highest BCUT2D eigenvalue weighted by Gasteiger charge is 2.48. The van der Waals surface area contributed by atoms with Gasteiger partial charge in [0.1, 0.15) is 11.2 Å². The molecule has 0 bridgehead atoms. The van der Waals surface area contributed by atoms with E-state index >= 15 is 0 Å². The molecule has 7 nitrogen and oxygen atoms in total. The minimum Gasteiger partial charge on any atom is -0.463 e. The van der Waals surface area contributed by atoms with Crippen molar-refractivity contribution in [2.24, 2.45) is 0 Å². The second kappa shape index (κ2) is 10.0. The first-order valence-corrected chi connectivity index (χ1v) is 13.4. The van der Waals surface area contributed by atoms with Gasteiger partial charge in [0.15, 0.2) is 5.58 Å². The van der Waals surface area contributed by atoms with E-state index in [0.717, 1.165) is 50.7 Å². The molecule has 36 heavy (non-hydrogen) atoms.